The fourth-order valence-electron chi connectivity index (χ4n) is 1.83. The lowest BCUT2D eigenvalue weighted by Gasteiger charge is -2.24. The third-order valence-corrected chi connectivity index (χ3v) is 2.73. The van der Waals surface area contributed by atoms with Crippen molar-refractivity contribution in [3.8, 4) is 17.6 Å². The minimum absolute atomic E-state index is 0.00759. The number of benzene rings is 1. The average Bonchev–Trinajstić information content (AvgIpc) is 2.38. The monoisotopic (exact) mass is 232 g/mol. The van der Waals surface area contributed by atoms with Crippen LogP contribution in [0.2, 0.25) is 0 Å². The highest BCUT2D eigenvalue weighted by atomic mass is 16.6. The van der Waals surface area contributed by atoms with Gasteiger partial charge in [-0.2, -0.15) is 5.26 Å². The van der Waals surface area contributed by atoms with Crippen LogP contribution in [-0.2, 0) is 0 Å². The highest BCUT2D eigenvalue weighted by Crippen LogP contribution is 2.33. The molecule has 1 unspecified atom stereocenters. The summed E-state index contributed by atoms with van der Waals surface area (Å²) >= 11 is 0. The van der Waals surface area contributed by atoms with Gasteiger partial charge in [0.25, 0.3) is 0 Å². The maximum atomic E-state index is 8.80. The molecule has 17 heavy (non-hydrogen) atoms. The second kappa shape index (κ2) is 4.96. The zero-order valence-electron chi connectivity index (χ0n) is 10.1. The predicted octanol–water partition coefficient (Wildman–Crippen LogP) is 2.05. The Bertz CT molecular complexity index is 440. The Hall–Kier alpha value is -1.89. The first-order valence-electron chi connectivity index (χ1n) is 5.71. The Morgan fingerprint density at radius 2 is 2.06 bits per heavy atom. The Morgan fingerprint density at radius 3 is 2.76 bits per heavy atom. The van der Waals surface area contributed by atoms with Crippen LogP contribution >= 0.6 is 0 Å². The molecule has 1 aromatic carbocycles. The fourth-order valence-corrected chi connectivity index (χ4v) is 1.83. The van der Waals surface area contributed by atoms with Gasteiger partial charge in [-0.05, 0) is 19.1 Å². The van der Waals surface area contributed by atoms with Gasteiger partial charge in [-0.3, -0.25) is 0 Å². The molecule has 1 aliphatic heterocycles. The number of anilines is 1. The lowest BCUT2D eigenvalue weighted by atomic mass is 10.2. The zero-order chi connectivity index (χ0) is 12.3. The van der Waals surface area contributed by atoms with Crippen LogP contribution < -0.4 is 14.4 Å². The van der Waals surface area contributed by atoms with Gasteiger partial charge in [0.1, 0.15) is 13.2 Å². The SMILES string of the molecule is CC(C#N)CN(C)c1ccc2c(c1)OCCO2. The van der Waals surface area contributed by atoms with E-state index in [1.54, 1.807) is 0 Å². The van der Waals surface area contributed by atoms with E-state index in [4.69, 9.17) is 14.7 Å². The zero-order valence-corrected chi connectivity index (χ0v) is 10.1. The lowest BCUT2D eigenvalue weighted by Crippen LogP contribution is -2.23. The molecule has 0 aromatic heterocycles. The summed E-state index contributed by atoms with van der Waals surface area (Å²) in [5, 5.41) is 8.80. The standard InChI is InChI=1S/C13H16N2O2/c1-10(8-14)9-15(2)11-3-4-12-13(7-11)17-6-5-16-12/h3-4,7,10H,5-6,9H2,1-2H3. The van der Waals surface area contributed by atoms with Crippen LogP contribution in [0.5, 0.6) is 11.5 Å². The van der Waals surface area contributed by atoms with Crippen molar-refractivity contribution < 1.29 is 9.47 Å². The van der Waals surface area contributed by atoms with Gasteiger partial charge in [0, 0.05) is 25.3 Å². The van der Waals surface area contributed by atoms with Crippen molar-refractivity contribution in [1.29, 1.82) is 5.26 Å². The minimum Gasteiger partial charge on any atom is -0.486 e. The summed E-state index contributed by atoms with van der Waals surface area (Å²) in [7, 11) is 1.97. The van der Waals surface area contributed by atoms with E-state index >= 15 is 0 Å². The highest BCUT2D eigenvalue weighted by Gasteiger charge is 2.14. The second-order valence-corrected chi connectivity index (χ2v) is 4.24. The Morgan fingerprint density at radius 1 is 1.35 bits per heavy atom. The number of ether oxygens (including phenoxy) is 2. The molecule has 4 heteroatoms. The first-order chi connectivity index (χ1) is 8.20. The molecule has 0 fully saturated rings. The van der Waals surface area contributed by atoms with E-state index in [0.29, 0.717) is 19.8 Å². The Labute approximate surface area is 101 Å². The van der Waals surface area contributed by atoms with Gasteiger partial charge >= 0.3 is 0 Å². The van der Waals surface area contributed by atoms with Gasteiger partial charge in [0.05, 0.1) is 12.0 Å². The van der Waals surface area contributed by atoms with Gasteiger partial charge in [-0.15, -0.1) is 0 Å². The smallest absolute Gasteiger partial charge is 0.163 e. The minimum atomic E-state index is 0.00759. The average molecular weight is 232 g/mol. The molecule has 2 rings (SSSR count). The van der Waals surface area contributed by atoms with E-state index in [2.05, 4.69) is 6.07 Å². The number of fused-ring (bicyclic) bond motifs is 1. The quantitative estimate of drug-likeness (QED) is 0.800. The fraction of sp³-hybridized carbons (Fsp3) is 0.462. The number of nitriles is 1. The summed E-state index contributed by atoms with van der Waals surface area (Å²) < 4.78 is 11.0. The molecule has 4 nitrogen and oxygen atoms in total. The molecule has 0 amide bonds. The van der Waals surface area contributed by atoms with Crippen LogP contribution in [0, 0.1) is 17.2 Å². The second-order valence-electron chi connectivity index (χ2n) is 4.24. The molecule has 0 saturated heterocycles. The van der Waals surface area contributed by atoms with E-state index in [1.165, 1.54) is 0 Å². The number of rotatable bonds is 3. The van der Waals surface area contributed by atoms with Crippen molar-refractivity contribution in [1.82, 2.24) is 0 Å². The molecule has 90 valence electrons. The first-order valence-corrected chi connectivity index (χ1v) is 5.71. The van der Waals surface area contributed by atoms with Crippen molar-refractivity contribution in [2.24, 2.45) is 5.92 Å². The molecule has 0 radical (unpaired) electrons. The van der Waals surface area contributed by atoms with Crippen molar-refractivity contribution in [2.75, 3.05) is 31.7 Å². The summed E-state index contributed by atoms with van der Waals surface area (Å²) in [4.78, 5) is 2.05. The van der Waals surface area contributed by atoms with Crippen LogP contribution in [0.4, 0.5) is 5.69 Å². The molecule has 0 saturated carbocycles. The molecule has 0 spiro atoms. The number of hydrogen-bond acceptors (Lipinski definition) is 4. The van der Waals surface area contributed by atoms with Gasteiger partial charge in [0.15, 0.2) is 11.5 Å². The molecular weight excluding hydrogens is 216 g/mol. The van der Waals surface area contributed by atoms with Crippen LogP contribution in [0.25, 0.3) is 0 Å². The van der Waals surface area contributed by atoms with Crippen molar-refractivity contribution in [3.05, 3.63) is 18.2 Å². The van der Waals surface area contributed by atoms with Gasteiger partial charge in [-0.1, -0.05) is 0 Å². The van der Waals surface area contributed by atoms with Crippen molar-refractivity contribution >= 4 is 5.69 Å². The van der Waals surface area contributed by atoms with E-state index in [9.17, 15) is 0 Å². The van der Waals surface area contributed by atoms with Crippen LogP contribution in [0.15, 0.2) is 18.2 Å². The molecular formula is C13H16N2O2. The maximum Gasteiger partial charge on any atom is 0.163 e. The molecule has 0 bridgehead atoms. The summed E-state index contributed by atoms with van der Waals surface area (Å²) in [5.74, 6) is 1.58. The summed E-state index contributed by atoms with van der Waals surface area (Å²) in [6, 6.07) is 8.09. The van der Waals surface area contributed by atoms with Gasteiger partial charge < -0.3 is 14.4 Å². The molecule has 1 aliphatic rings. The number of hydrogen-bond donors (Lipinski definition) is 0. The topological polar surface area (TPSA) is 45.5 Å². The van der Waals surface area contributed by atoms with Gasteiger partial charge in [0.2, 0.25) is 0 Å². The van der Waals surface area contributed by atoms with Crippen molar-refractivity contribution in [2.45, 2.75) is 6.92 Å². The molecule has 0 aliphatic carbocycles. The van der Waals surface area contributed by atoms with Crippen LogP contribution in [-0.4, -0.2) is 26.8 Å². The Balaban J connectivity index is 2.14. The van der Waals surface area contributed by atoms with Crippen LogP contribution in [0.1, 0.15) is 6.92 Å². The highest BCUT2D eigenvalue weighted by molar-refractivity contribution is 5.56. The van der Waals surface area contributed by atoms with Crippen LogP contribution in [0.3, 0.4) is 0 Å². The van der Waals surface area contributed by atoms with E-state index in [1.807, 2.05) is 37.1 Å². The molecule has 1 atom stereocenters. The largest absolute Gasteiger partial charge is 0.486 e. The molecule has 0 N–H and O–H groups in total. The van der Waals surface area contributed by atoms with Gasteiger partial charge in [-0.25, -0.2) is 0 Å². The van der Waals surface area contributed by atoms with E-state index < -0.39 is 0 Å². The van der Waals surface area contributed by atoms with Crippen molar-refractivity contribution in [3.63, 3.8) is 0 Å². The Kier molecular flexibility index (Phi) is 3.38. The summed E-state index contributed by atoms with van der Waals surface area (Å²) in [6.07, 6.45) is 0. The summed E-state index contributed by atoms with van der Waals surface area (Å²) in [5.41, 5.74) is 1.04. The molecule has 1 heterocycles. The molecule has 1 aromatic rings. The summed E-state index contributed by atoms with van der Waals surface area (Å²) in [6.45, 7) is 3.81. The lowest BCUT2D eigenvalue weighted by molar-refractivity contribution is 0.171. The maximum absolute atomic E-state index is 8.80. The predicted molar refractivity (Wildman–Crippen MR) is 65.5 cm³/mol. The number of nitrogens with zero attached hydrogens (tertiary/aromatic N) is 2. The third-order valence-electron chi connectivity index (χ3n) is 2.73. The first kappa shape index (κ1) is 11.6. The van der Waals surface area contributed by atoms with E-state index in [-0.39, 0.29) is 5.92 Å². The van der Waals surface area contributed by atoms with E-state index in [0.717, 1.165) is 17.2 Å². The third kappa shape index (κ3) is 2.62. The normalized spacial score (nSPS) is 14.9.